The van der Waals surface area contributed by atoms with Crippen molar-refractivity contribution in [2.45, 2.75) is 33.2 Å². The van der Waals surface area contributed by atoms with Crippen molar-refractivity contribution >= 4 is 18.1 Å². The molecule has 2 unspecified atom stereocenters. The summed E-state index contributed by atoms with van der Waals surface area (Å²) in [5.74, 6) is -0.615. The Balaban J connectivity index is 0.000000165. The summed E-state index contributed by atoms with van der Waals surface area (Å²) in [7, 11) is 0. The van der Waals surface area contributed by atoms with E-state index in [1.165, 1.54) is 22.3 Å². The third-order valence-corrected chi connectivity index (χ3v) is 28.8. The van der Waals surface area contributed by atoms with Gasteiger partial charge in [-0.2, -0.15) is 0 Å². The maximum absolute atomic E-state index is 2.60. The van der Waals surface area contributed by atoms with Gasteiger partial charge in [0.05, 0.1) is 0 Å². The summed E-state index contributed by atoms with van der Waals surface area (Å²) in [6, 6.07) is 39.4. The first-order valence-corrected chi connectivity index (χ1v) is 23.2. The van der Waals surface area contributed by atoms with Gasteiger partial charge in [0.25, 0.3) is 0 Å². The van der Waals surface area contributed by atoms with Gasteiger partial charge in [-0.15, -0.1) is 0 Å². The van der Waals surface area contributed by atoms with Crippen LogP contribution in [-0.4, -0.2) is 5.92 Å². The molecule has 2 heteroatoms. The monoisotopic (exact) mass is 561 g/mol. The predicted molar refractivity (Wildman–Crippen MR) is 156 cm³/mol. The molecule has 2 atom stereocenters. The van der Waals surface area contributed by atoms with Crippen molar-refractivity contribution in [3.8, 4) is 0 Å². The minimum absolute atomic E-state index is 0.615. The zero-order valence-corrected chi connectivity index (χ0v) is 25.0. The van der Waals surface area contributed by atoms with E-state index in [9.17, 15) is 0 Å². The van der Waals surface area contributed by atoms with E-state index in [1.807, 2.05) is 0 Å². The number of aryl methyl sites for hydroxylation is 2. The Labute approximate surface area is 225 Å². The number of rotatable bonds is 6. The van der Waals surface area contributed by atoms with Crippen LogP contribution in [0.5, 0.6) is 0 Å². The van der Waals surface area contributed by atoms with Crippen LogP contribution in [-0.2, 0) is 33.8 Å². The molecule has 0 spiro atoms. The van der Waals surface area contributed by atoms with Gasteiger partial charge in [0.15, 0.2) is 0 Å². The summed E-state index contributed by atoms with van der Waals surface area (Å²) in [5.41, 5.74) is 9.01. The molecule has 4 aromatic rings. The van der Waals surface area contributed by atoms with Crippen LogP contribution in [0, 0.1) is 0 Å². The van der Waals surface area contributed by atoms with Crippen LogP contribution in [0.2, 0.25) is 13.1 Å². The van der Waals surface area contributed by atoms with Crippen LogP contribution in [0.25, 0.3) is 12.2 Å². The second-order valence-corrected chi connectivity index (χ2v) is 30.3. The van der Waals surface area contributed by atoms with Crippen molar-refractivity contribution in [3.63, 3.8) is 0 Å². The van der Waals surface area contributed by atoms with Crippen molar-refractivity contribution in [2.75, 3.05) is 0 Å². The molecule has 36 heavy (non-hydrogen) atoms. The average molecular weight is 563 g/mol. The Morgan fingerprint density at radius 1 is 0.528 bits per heavy atom. The van der Waals surface area contributed by atoms with E-state index in [-0.39, 0.29) is 0 Å². The van der Waals surface area contributed by atoms with Crippen molar-refractivity contribution in [1.82, 2.24) is 0 Å². The first kappa shape index (κ1) is 25.1. The summed E-state index contributed by atoms with van der Waals surface area (Å²) in [6.45, 7) is 5.19. The molecule has 2 aliphatic rings. The molecule has 0 N–H and O–H groups in total. The third kappa shape index (κ3) is 5.88. The van der Waals surface area contributed by atoms with Gasteiger partial charge in [0.1, 0.15) is 0 Å². The summed E-state index contributed by atoms with van der Waals surface area (Å²) in [5, 5.41) is 0. The fourth-order valence-electron chi connectivity index (χ4n) is 5.57. The van der Waals surface area contributed by atoms with Gasteiger partial charge in [-0.1, -0.05) is 60.7 Å². The van der Waals surface area contributed by atoms with Crippen LogP contribution in [0.1, 0.15) is 40.6 Å². The second-order valence-electron chi connectivity index (χ2n) is 10.1. The van der Waals surface area contributed by atoms with Gasteiger partial charge < -0.3 is 0 Å². The van der Waals surface area contributed by atoms with E-state index < -0.39 is 26.8 Å². The Bertz CT molecular complexity index is 1220. The first-order valence-electron chi connectivity index (χ1n) is 13.2. The Morgan fingerprint density at radius 2 is 0.917 bits per heavy atom. The summed E-state index contributed by atoms with van der Waals surface area (Å²) in [4.78, 5) is 0. The number of benzene rings is 4. The topological polar surface area (TPSA) is 0 Å². The van der Waals surface area contributed by atoms with E-state index in [2.05, 4.69) is 147 Å². The first-order chi connectivity index (χ1) is 17.7. The van der Waals surface area contributed by atoms with Crippen LogP contribution in [0.4, 0.5) is 0 Å². The number of allylic oxidation sites excluding steroid dienone is 2. The summed E-state index contributed by atoms with van der Waals surface area (Å²) >= 11 is -1.62. The molecule has 6 rings (SSSR count). The minimum Gasteiger partial charge on any atom is -0.0622 e. The summed E-state index contributed by atoms with van der Waals surface area (Å²) < 4.78 is 1.57. The Morgan fingerprint density at radius 3 is 1.33 bits per heavy atom. The minimum atomic E-state index is -1.62. The van der Waals surface area contributed by atoms with Gasteiger partial charge >= 0.3 is 142 Å². The molecule has 0 radical (unpaired) electrons. The standard InChI is InChI=1S/C14H14.2C9H7.C2H7Si.Zr/c1-3-7-13(8-4-1)11-12-14-9-5-2-6-10-14;2*1-2-5-9-7-3-6-8(9)4-1;1-3-2;/h1-10H,11-12H2;2*1-7H;3H,1-2H3;. The van der Waals surface area contributed by atoms with E-state index >= 15 is 0 Å². The molecule has 0 amide bonds. The molecule has 0 heterocycles. The molecule has 4 aromatic carbocycles. The van der Waals surface area contributed by atoms with Crippen LogP contribution in [0.3, 0.4) is 0 Å². The Kier molecular flexibility index (Phi) is 8.47. The number of hydrogen-bond acceptors (Lipinski definition) is 0. The maximum Gasteiger partial charge on any atom is -0.0238 e. The molecule has 0 aliphatic heterocycles. The van der Waals surface area contributed by atoms with Crippen LogP contribution in [0.15, 0.2) is 121 Å². The molecule has 2 aliphatic carbocycles. The quantitative estimate of drug-likeness (QED) is 0.206. The van der Waals surface area contributed by atoms with Gasteiger partial charge in [-0.05, 0) is 24.0 Å². The molecule has 0 saturated heterocycles. The normalized spacial score (nSPS) is 16.9. The van der Waals surface area contributed by atoms with Crippen LogP contribution >= 0.6 is 0 Å². The van der Waals surface area contributed by atoms with E-state index in [0.717, 1.165) is 20.1 Å². The van der Waals surface area contributed by atoms with Crippen molar-refractivity contribution in [2.24, 2.45) is 0 Å². The van der Waals surface area contributed by atoms with Crippen LogP contribution < -0.4 is 0 Å². The van der Waals surface area contributed by atoms with E-state index in [0.29, 0.717) is 0 Å². The Hall–Kier alpha value is -2.54. The smallest absolute Gasteiger partial charge is 0.0238 e. The van der Waals surface area contributed by atoms with E-state index in [4.69, 9.17) is 0 Å². The third-order valence-electron chi connectivity index (χ3n) is 7.37. The molecule has 0 nitrogen and oxygen atoms in total. The summed E-state index contributed by atoms with van der Waals surface area (Å²) in [6.07, 6.45) is 12.1. The number of fused-ring (bicyclic) bond motifs is 2. The van der Waals surface area contributed by atoms with Gasteiger partial charge in [0.2, 0.25) is 0 Å². The van der Waals surface area contributed by atoms with Gasteiger partial charge in [-0.3, -0.25) is 0 Å². The molecule has 179 valence electrons. The maximum atomic E-state index is 2.60. The average Bonchev–Trinajstić information content (AvgIpc) is 3.54. The zero-order valence-electron chi connectivity index (χ0n) is 21.3. The molecular weight excluding hydrogens is 528 g/mol. The molecule has 0 saturated carbocycles. The van der Waals surface area contributed by atoms with Crippen molar-refractivity contribution in [3.05, 3.63) is 155 Å². The van der Waals surface area contributed by atoms with E-state index in [1.54, 1.807) is 11.1 Å². The largest absolute Gasteiger partial charge is 0.0622 e. The molecule has 0 bridgehead atoms. The fraction of sp³-hybridized carbons (Fsp3) is 0.176. The fourth-order valence-corrected chi connectivity index (χ4v) is 26.6. The van der Waals surface area contributed by atoms with Crippen molar-refractivity contribution < 1.29 is 20.9 Å². The zero-order chi connectivity index (χ0) is 24.7. The SMILES string of the molecule is C[SiH](C)[Zr]([CH]1C=Cc2ccccc21)[CH]1C=Cc2ccccc21.c1ccc(CCc2ccccc2)cc1. The van der Waals surface area contributed by atoms with Gasteiger partial charge in [-0.25, -0.2) is 0 Å². The predicted octanol–water partition coefficient (Wildman–Crippen LogP) is 8.60. The van der Waals surface area contributed by atoms with Gasteiger partial charge in [0, 0.05) is 0 Å². The number of hydrogen-bond donors (Lipinski definition) is 0. The second kappa shape index (κ2) is 12.1. The van der Waals surface area contributed by atoms with Crippen molar-refractivity contribution in [1.29, 1.82) is 0 Å². The molecule has 0 fully saturated rings. The molecular formula is C34H35SiZr. The molecule has 0 aromatic heterocycles.